The third-order valence-electron chi connectivity index (χ3n) is 8.61. The molecule has 3 heterocycles. The van der Waals surface area contributed by atoms with Gasteiger partial charge in [-0.15, -0.1) is 0 Å². The number of allylic oxidation sites excluding steroid dienone is 1. The molecule has 2 aliphatic carbocycles. The first kappa shape index (κ1) is 19.0. The molecule has 0 amide bonds. The number of hydrogen-bond donors (Lipinski definition) is 2. The van der Waals surface area contributed by atoms with Gasteiger partial charge >= 0.3 is 5.97 Å². The first-order valence-electron chi connectivity index (χ1n) is 11.1. The summed E-state index contributed by atoms with van der Waals surface area (Å²) in [5.41, 5.74) is 1.08. The van der Waals surface area contributed by atoms with Crippen molar-refractivity contribution in [2.24, 2.45) is 23.2 Å². The van der Waals surface area contributed by atoms with Crippen LogP contribution < -0.4 is 4.90 Å². The fraction of sp³-hybridized carbons (Fsp3) is 0.864. The number of aliphatic hydroxyl groups excluding tert-OH is 1. The predicted octanol–water partition coefficient (Wildman–Crippen LogP) is 0.693. The second-order valence-corrected chi connectivity index (χ2v) is 9.86. The molecule has 5 aliphatic rings. The normalized spacial score (nSPS) is 45.5. The Morgan fingerprint density at radius 3 is 2.68 bits per heavy atom. The van der Waals surface area contributed by atoms with Crippen LogP contribution in [-0.2, 0) is 19.0 Å². The van der Waals surface area contributed by atoms with E-state index in [1.54, 1.807) is 0 Å². The number of nitrogens with one attached hydrogen (secondary N) is 1. The Bertz CT molecular complexity index is 662. The van der Waals surface area contributed by atoms with E-state index >= 15 is 0 Å². The zero-order valence-electron chi connectivity index (χ0n) is 17.1. The Labute approximate surface area is 167 Å². The van der Waals surface area contributed by atoms with Gasteiger partial charge in [0.1, 0.15) is 12.0 Å². The molecule has 3 aliphatic heterocycles. The van der Waals surface area contributed by atoms with Crippen LogP contribution in [0, 0.1) is 23.2 Å². The highest BCUT2D eigenvalue weighted by Gasteiger charge is 2.60. The lowest BCUT2D eigenvalue weighted by molar-refractivity contribution is -0.911. The zero-order chi connectivity index (χ0) is 19.5. The van der Waals surface area contributed by atoms with Gasteiger partial charge in [-0.3, -0.25) is 4.79 Å². The van der Waals surface area contributed by atoms with E-state index in [1.165, 1.54) is 10.5 Å². The molecular formula is C22H34NO5+. The van der Waals surface area contributed by atoms with Crippen LogP contribution in [0.25, 0.3) is 0 Å². The lowest BCUT2D eigenvalue weighted by atomic mass is 9.55. The summed E-state index contributed by atoms with van der Waals surface area (Å²) in [6, 6.07) is 0. The lowest BCUT2D eigenvalue weighted by Gasteiger charge is -2.51. The second-order valence-electron chi connectivity index (χ2n) is 9.86. The van der Waals surface area contributed by atoms with Crippen molar-refractivity contribution >= 4 is 5.97 Å². The van der Waals surface area contributed by atoms with E-state index in [0.717, 1.165) is 51.7 Å². The molecule has 0 radical (unpaired) electrons. The predicted molar refractivity (Wildman–Crippen MR) is 102 cm³/mol. The Kier molecular flexibility index (Phi) is 4.62. The van der Waals surface area contributed by atoms with Crippen LogP contribution in [0.4, 0.5) is 0 Å². The van der Waals surface area contributed by atoms with Gasteiger partial charge in [0.15, 0.2) is 5.79 Å². The maximum Gasteiger partial charge on any atom is 0.315 e. The van der Waals surface area contributed by atoms with E-state index in [4.69, 9.17) is 14.2 Å². The summed E-state index contributed by atoms with van der Waals surface area (Å²) in [4.78, 5) is 14.2. The number of fused-ring (bicyclic) bond motifs is 2. The number of hydrogen-bond acceptors (Lipinski definition) is 5. The van der Waals surface area contributed by atoms with Crippen LogP contribution in [0.1, 0.15) is 46.0 Å². The molecule has 6 nitrogen and oxygen atoms in total. The largest absolute Gasteiger partial charge is 0.461 e. The molecule has 0 unspecified atom stereocenters. The molecule has 156 valence electrons. The van der Waals surface area contributed by atoms with Crippen molar-refractivity contribution in [3.05, 3.63) is 11.6 Å². The molecule has 5 rings (SSSR count). The Balaban J connectivity index is 1.31. The summed E-state index contributed by atoms with van der Waals surface area (Å²) in [7, 11) is 0. The average molecular weight is 393 g/mol. The SMILES string of the molecule is C[C@@H]1CCC=C2C[C@H]3OC(=O)[C@@H](C[NH+]4CCC5(CC4)OCCO5)[C@H]3[C@H](O)[C@@]21C. The molecular weight excluding hydrogens is 358 g/mol. The van der Waals surface area contributed by atoms with Gasteiger partial charge < -0.3 is 24.2 Å². The quantitative estimate of drug-likeness (QED) is 0.535. The molecule has 0 bridgehead atoms. The van der Waals surface area contributed by atoms with Crippen molar-refractivity contribution < 1.29 is 29.0 Å². The Morgan fingerprint density at radius 1 is 1.25 bits per heavy atom. The lowest BCUT2D eigenvalue weighted by Crippen LogP contribution is -3.14. The van der Waals surface area contributed by atoms with E-state index in [9.17, 15) is 9.90 Å². The minimum absolute atomic E-state index is 0.0856. The van der Waals surface area contributed by atoms with E-state index in [1.807, 2.05) is 0 Å². The minimum atomic E-state index is -0.513. The number of carbonyl (C=O) groups excluding carboxylic acids is 1. The number of esters is 1. The maximum atomic E-state index is 12.8. The molecule has 28 heavy (non-hydrogen) atoms. The van der Waals surface area contributed by atoms with Crippen LogP contribution >= 0.6 is 0 Å². The van der Waals surface area contributed by atoms with Gasteiger partial charge in [0.25, 0.3) is 0 Å². The molecule has 3 saturated heterocycles. The third kappa shape index (κ3) is 2.79. The number of piperidine rings is 1. The monoisotopic (exact) mass is 392 g/mol. The molecule has 1 spiro atoms. The number of quaternary nitrogens is 1. The standard InChI is InChI=1S/C22H33NO5/c1-14-4-3-5-15-12-17-18(19(24)21(14,15)2)16(20(25)28-17)13-23-8-6-22(7-9-23)26-10-11-27-22/h5,14,16-19,24H,3-4,6-13H2,1-2H3/p+1/t14-,16+,17-,18-,19+,21-/m1/s1. The third-order valence-corrected chi connectivity index (χ3v) is 8.61. The van der Waals surface area contributed by atoms with Crippen molar-refractivity contribution in [3.63, 3.8) is 0 Å². The van der Waals surface area contributed by atoms with Crippen LogP contribution in [0.3, 0.4) is 0 Å². The summed E-state index contributed by atoms with van der Waals surface area (Å²) >= 11 is 0. The fourth-order valence-corrected chi connectivity index (χ4v) is 6.58. The smallest absolute Gasteiger partial charge is 0.315 e. The number of ether oxygens (including phenoxy) is 3. The number of carbonyl (C=O) groups is 1. The van der Waals surface area contributed by atoms with Crippen LogP contribution in [0.5, 0.6) is 0 Å². The first-order chi connectivity index (χ1) is 13.4. The minimum Gasteiger partial charge on any atom is -0.461 e. The summed E-state index contributed by atoms with van der Waals surface area (Å²) in [5.74, 6) is -0.346. The summed E-state index contributed by atoms with van der Waals surface area (Å²) in [6.45, 7) is 8.46. The van der Waals surface area contributed by atoms with Crippen molar-refractivity contribution in [2.45, 2.75) is 63.9 Å². The average Bonchev–Trinajstić information content (AvgIpc) is 3.25. The Morgan fingerprint density at radius 2 is 1.96 bits per heavy atom. The highest BCUT2D eigenvalue weighted by molar-refractivity contribution is 5.76. The Hall–Kier alpha value is -0.950. The zero-order valence-corrected chi connectivity index (χ0v) is 17.1. The van der Waals surface area contributed by atoms with Crippen molar-refractivity contribution in [1.82, 2.24) is 0 Å². The molecule has 0 aromatic carbocycles. The number of aliphatic hydroxyl groups is 1. The summed E-state index contributed by atoms with van der Waals surface area (Å²) < 4.78 is 17.5. The molecule has 6 atom stereocenters. The fourth-order valence-electron chi connectivity index (χ4n) is 6.58. The van der Waals surface area contributed by atoms with Crippen LogP contribution in [0.2, 0.25) is 0 Å². The highest BCUT2D eigenvalue weighted by Crippen LogP contribution is 2.55. The van der Waals surface area contributed by atoms with E-state index in [-0.39, 0.29) is 35.1 Å². The van der Waals surface area contributed by atoms with E-state index in [0.29, 0.717) is 19.1 Å². The molecule has 6 heteroatoms. The summed E-state index contributed by atoms with van der Waals surface area (Å²) in [5, 5.41) is 11.5. The molecule has 2 N–H and O–H groups in total. The van der Waals surface area contributed by atoms with Gasteiger partial charge in [-0.05, 0) is 18.8 Å². The number of likely N-dealkylation sites (tertiary alicyclic amines) is 1. The van der Waals surface area contributed by atoms with Gasteiger partial charge in [0.2, 0.25) is 0 Å². The maximum absolute atomic E-state index is 12.8. The molecule has 4 fully saturated rings. The van der Waals surface area contributed by atoms with Crippen LogP contribution in [-0.4, -0.2) is 61.9 Å². The van der Waals surface area contributed by atoms with Crippen LogP contribution in [0.15, 0.2) is 11.6 Å². The van der Waals surface area contributed by atoms with Gasteiger partial charge in [0, 0.05) is 17.8 Å². The van der Waals surface area contributed by atoms with E-state index < -0.39 is 6.10 Å². The van der Waals surface area contributed by atoms with Crippen molar-refractivity contribution in [2.75, 3.05) is 32.8 Å². The van der Waals surface area contributed by atoms with Gasteiger partial charge in [-0.1, -0.05) is 25.5 Å². The van der Waals surface area contributed by atoms with Gasteiger partial charge in [-0.25, -0.2) is 0 Å². The second kappa shape index (κ2) is 6.79. The van der Waals surface area contributed by atoms with Gasteiger partial charge in [0.05, 0.1) is 51.8 Å². The highest BCUT2D eigenvalue weighted by atomic mass is 16.7. The topological polar surface area (TPSA) is 69.4 Å². The van der Waals surface area contributed by atoms with Crippen molar-refractivity contribution in [1.29, 1.82) is 0 Å². The first-order valence-corrected chi connectivity index (χ1v) is 11.1. The number of rotatable bonds is 2. The van der Waals surface area contributed by atoms with Crippen molar-refractivity contribution in [3.8, 4) is 0 Å². The molecule has 0 aromatic heterocycles. The molecule has 1 saturated carbocycles. The summed E-state index contributed by atoms with van der Waals surface area (Å²) in [6.07, 6.45) is 6.34. The van der Waals surface area contributed by atoms with Gasteiger partial charge in [-0.2, -0.15) is 0 Å². The molecule has 0 aromatic rings. The van der Waals surface area contributed by atoms with E-state index in [2.05, 4.69) is 19.9 Å².